The summed E-state index contributed by atoms with van der Waals surface area (Å²) in [6.07, 6.45) is 2.98. The van der Waals surface area contributed by atoms with Crippen molar-refractivity contribution in [3.8, 4) is 5.69 Å². The third-order valence-electron chi connectivity index (χ3n) is 2.96. The smallest absolute Gasteiger partial charge is 0.234 e. The number of anilines is 2. The molecule has 1 amide bonds. The molecule has 0 fully saturated rings. The van der Waals surface area contributed by atoms with Crippen molar-refractivity contribution in [3.05, 3.63) is 35.9 Å². The number of hydrogen-bond acceptors (Lipinski definition) is 8. The Morgan fingerprint density at radius 1 is 1.40 bits per heavy atom. The van der Waals surface area contributed by atoms with Gasteiger partial charge in [-0.05, 0) is 25.1 Å². The summed E-state index contributed by atoms with van der Waals surface area (Å²) >= 11 is 8.78. The average molecular weight is 396 g/mol. The first kappa shape index (κ1) is 17.6. The maximum Gasteiger partial charge on any atom is 0.234 e. The Morgan fingerprint density at radius 2 is 2.28 bits per heavy atom. The minimum atomic E-state index is -0.172. The van der Waals surface area contributed by atoms with Gasteiger partial charge in [-0.2, -0.15) is 5.10 Å². The highest BCUT2D eigenvalue weighted by Gasteiger charge is 2.12. The highest BCUT2D eigenvalue weighted by atomic mass is 35.5. The number of thioether (sulfide) groups is 1. The number of aromatic nitrogens is 5. The lowest BCUT2D eigenvalue weighted by atomic mass is 10.2. The molecule has 0 atom stereocenters. The van der Waals surface area contributed by atoms with E-state index >= 15 is 0 Å². The van der Waals surface area contributed by atoms with Gasteiger partial charge in [0.1, 0.15) is 12.7 Å². The summed E-state index contributed by atoms with van der Waals surface area (Å²) in [4.78, 5) is 16.2. The fraction of sp³-hybridized carbons (Fsp3) is 0.214. The normalized spacial score (nSPS) is 10.6. The second-order valence-corrected chi connectivity index (χ2v) is 7.38. The molecule has 11 heteroatoms. The van der Waals surface area contributed by atoms with E-state index in [-0.39, 0.29) is 11.7 Å². The van der Waals surface area contributed by atoms with E-state index in [1.54, 1.807) is 29.2 Å². The van der Waals surface area contributed by atoms with Gasteiger partial charge in [0, 0.05) is 11.6 Å². The predicted octanol–water partition coefficient (Wildman–Crippen LogP) is 2.93. The second kappa shape index (κ2) is 8.28. The molecular formula is C14H14ClN7OS2. The van der Waals surface area contributed by atoms with Crippen molar-refractivity contribution >= 4 is 51.4 Å². The van der Waals surface area contributed by atoms with Crippen molar-refractivity contribution < 1.29 is 4.79 Å². The summed E-state index contributed by atoms with van der Waals surface area (Å²) in [5.74, 6) is 0.0400. The summed E-state index contributed by atoms with van der Waals surface area (Å²) in [5.41, 5.74) is 1.25. The Morgan fingerprint density at radius 3 is 3.04 bits per heavy atom. The molecule has 0 saturated carbocycles. The van der Waals surface area contributed by atoms with Gasteiger partial charge in [0.2, 0.25) is 11.0 Å². The van der Waals surface area contributed by atoms with Crippen LogP contribution in [0.5, 0.6) is 0 Å². The van der Waals surface area contributed by atoms with Crippen LogP contribution in [0.1, 0.15) is 6.92 Å². The van der Waals surface area contributed by atoms with Crippen molar-refractivity contribution in [2.45, 2.75) is 11.3 Å². The number of carbonyl (C=O) groups is 1. The first-order valence-corrected chi connectivity index (χ1v) is 9.48. The van der Waals surface area contributed by atoms with Crippen LogP contribution in [-0.2, 0) is 4.79 Å². The van der Waals surface area contributed by atoms with Crippen molar-refractivity contribution in [3.63, 3.8) is 0 Å². The minimum absolute atomic E-state index is 0.172. The summed E-state index contributed by atoms with van der Waals surface area (Å²) in [7, 11) is 0. The largest absolute Gasteiger partial charge is 0.360 e. The molecule has 0 aliphatic rings. The fourth-order valence-electron chi connectivity index (χ4n) is 1.95. The van der Waals surface area contributed by atoms with Gasteiger partial charge in [-0.15, -0.1) is 10.2 Å². The lowest BCUT2D eigenvalue weighted by Crippen LogP contribution is -2.16. The predicted molar refractivity (Wildman–Crippen MR) is 99.8 cm³/mol. The molecule has 0 unspecified atom stereocenters. The van der Waals surface area contributed by atoms with Crippen LogP contribution in [0.25, 0.3) is 5.69 Å². The van der Waals surface area contributed by atoms with Gasteiger partial charge in [0.05, 0.1) is 17.1 Å². The lowest BCUT2D eigenvalue weighted by molar-refractivity contribution is -0.113. The zero-order valence-corrected chi connectivity index (χ0v) is 15.5. The highest BCUT2D eigenvalue weighted by Crippen LogP contribution is 2.27. The van der Waals surface area contributed by atoms with E-state index in [1.165, 1.54) is 29.4 Å². The van der Waals surface area contributed by atoms with E-state index in [4.69, 9.17) is 11.6 Å². The number of rotatable bonds is 7. The zero-order chi connectivity index (χ0) is 17.6. The first-order chi connectivity index (χ1) is 12.2. The third kappa shape index (κ3) is 4.68. The van der Waals surface area contributed by atoms with Crippen LogP contribution in [-0.4, -0.2) is 43.2 Å². The Kier molecular flexibility index (Phi) is 5.84. The molecule has 2 N–H and O–H groups in total. The van der Waals surface area contributed by atoms with Gasteiger partial charge in [0.15, 0.2) is 4.34 Å². The van der Waals surface area contributed by atoms with Gasteiger partial charge in [-0.1, -0.05) is 34.7 Å². The monoisotopic (exact) mass is 395 g/mol. The van der Waals surface area contributed by atoms with Crippen LogP contribution in [0, 0.1) is 0 Å². The number of amides is 1. The van der Waals surface area contributed by atoms with Crippen LogP contribution in [0.2, 0.25) is 5.02 Å². The summed E-state index contributed by atoms with van der Waals surface area (Å²) in [6.45, 7) is 2.76. The van der Waals surface area contributed by atoms with Gasteiger partial charge in [0.25, 0.3) is 0 Å². The molecule has 0 spiro atoms. The van der Waals surface area contributed by atoms with E-state index < -0.39 is 0 Å². The maximum atomic E-state index is 12.3. The summed E-state index contributed by atoms with van der Waals surface area (Å²) in [6, 6.07) is 5.18. The fourth-order valence-corrected chi connectivity index (χ4v) is 3.74. The highest BCUT2D eigenvalue weighted by molar-refractivity contribution is 8.01. The van der Waals surface area contributed by atoms with E-state index in [0.717, 1.165) is 16.0 Å². The van der Waals surface area contributed by atoms with Crippen LogP contribution in [0.4, 0.5) is 10.8 Å². The molecule has 0 saturated heterocycles. The molecule has 2 heterocycles. The van der Waals surface area contributed by atoms with Crippen LogP contribution < -0.4 is 10.6 Å². The molecule has 3 rings (SSSR count). The Bertz CT molecular complexity index is 853. The molecule has 3 aromatic rings. The quantitative estimate of drug-likeness (QED) is 0.593. The van der Waals surface area contributed by atoms with Crippen LogP contribution >= 0.6 is 34.7 Å². The molecule has 1 aromatic carbocycles. The topological polar surface area (TPSA) is 97.6 Å². The standard InChI is InChI=1S/C14H14ClN7OS2/c1-2-17-13-20-21-14(25-13)24-6-12(23)19-10-5-9(15)3-4-11(10)22-8-16-7-18-22/h3-5,7-8H,2,6H2,1H3,(H,17,20)(H,19,23). The molecule has 0 aliphatic carbocycles. The molecule has 2 aromatic heterocycles. The number of halogens is 1. The molecule has 0 radical (unpaired) electrons. The number of nitrogens with one attached hydrogen (secondary N) is 2. The summed E-state index contributed by atoms with van der Waals surface area (Å²) in [5, 5.41) is 19.3. The SMILES string of the molecule is CCNc1nnc(SCC(=O)Nc2cc(Cl)ccc2-n2cncn2)s1. The van der Waals surface area contributed by atoms with Crippen molar-refractivity contribution in [1.82, 2.24) is 25.0 Å². The number of benzene rings is 1. The van der Waals surface area contributed by atoms with Crippen LogP contribution in [0.3, 0.4) is 0 Å². The number of nitrogens with zero attached hydrogens (tertiary/aromatic N) is 5. The average Bonchev–Trinajstić information content (AvgIpc) is 3.25. The molecule has 25 heavy (non-hydrogen) atoms. The zero-order valence-electron chi connectivity index (χ0n) is 13.1. The molecule has 8 nitrogen and oxygen atoms in total. The first-order valence-electron chi connectivity index (χ1n) is 7.30. The Hall–Kier alpha value is -2.17. The van der Waals surface area contributed by atoms with Gasteiger partial charge in [-0.25, -0.2) is 9.67 Å². The Labute approximate surface area is 157 Å². The second-order valence-electron chi connectivity index (χ2n) is 4.74. The third-order valence-corrected chi connectivity index (χ3v) is 5.21. The van der Waals surface area contributed by atoms with E-state index in [1.807, 2.05) is 6.92 Å². The molecule has 0 bridgehead atoms. The van der Waals surface area contributed by atoms with Crippen LogP contribution in [0.15, 0.2) is 35.2 Å². The minimum Gasteiger partial charge on any atom is -0.360 e. The van der Waals surface area contributed by atoms with Gasteiger partial charge < -0.3 is 10.6 Å². The Balaban J connectivity index is 1.65. The lowest BCUT2D eigenvalue weighted by Gasteiger charge is -2.11. The van der Waals surface area contributed by atoms with Crippen molar-refractivity contribution in [2.75, 3.05) is 22.9 Å². The molecule has 130 valence electrons. The van der Waals surface area contributed by atoms with E-state index in [2.05, 4.69) is 30.9 Å². The molecular weight excluding hydrogens is 382 g/mol. The molecule has 0 aliphatic heterocycles. The summed E-state index contributed by atoms with van der Waals surface area (Å²) < 4.78 is 2.29. The van der Waals surface area contributed by atoms with Crippen molar-refractivity contribution in [2.24, 2.45) is 0 Å². The van der Waals surface area contributed by atoms with Gasteiger partial charge in [-0.3, -0.25) is 4.79 Å². The number of carbonyl (C=O) groups excluding carboxylic acids is 1. The van der Waals surface area contributed by atoms with E-state index in [0.29, 0.717) is 16.4 Å². The van der Waals surface area contributed by atoms with E-state index in [9.17, 15) is 4.79 Å². The maximum absolute atomic E-state index is 12.3. The van der Waals surface area contributed by atoms with Gasteiger partial charge >= 0.3 is 0 Å². The van der Waals surface area contributed by atoms with Crippen molar-refractivity contribution in [1.29, 1.82) is 0 Å². The number of hydrogen-bond donors (Lipinski definition) is 2.